The lowest BCUT2D eigenvalue weighted by Gasteiger charge is -2.35. The molecule has 3 heterocycles. The molecule has 4 heteroatoms. The van der Waals surface area contributed by atoms with E-state index in [2.05, 4.69) is 234 Å². The van der Waals surface area contributed by atoms with E-state index in [0.717, 1.165) is 6.42 Å². The standard InChI is InChI=1S/C52H40N2S2/c1-3-14-35(15-4-1)37-26-30-40(31-27-37)53(41-32-28-38(29-33-41)36-16-5-2-6-17-36)46-23-10-7-20-43(46)39-18-13-19-42(34-39)54-49-44-21-8-11-24-47(44)55-51(49)52-50(54)45-22-9-12-25-48(45)56-52/h1-32,34,41,49-52H,33H2. The smallest absolute Gasteiger partial charge is 0.0694 e. The van der Waals surface area contributed by atoms with Gasteiger partial charge in [-0.15, -0.1) is 23.5 Å². The van der Waals surface area contributed by atoms with Crippen molar-refractivity contribution < 1.29 is 0 Å². The highest BCUT2D eigenvalue weighted by atomic mass is 32.2. The van der Waals surface area contributed by atoms with Crippen LogP contribution in [0.15, 0.2) is 210 Å². The molecule has 4 aliphatic rings. The molecule has 0 bridgehead atoms. The van der Waals surface area contributed by atoms with Gasteiger partial charge in [0.15, 0.2) is 0 Å². The quantitative estimate of drug-likeness (QED) is 0.160. The minimum Gasteiger partial charge on any atom is -0.355 e. The van der Waals surface area contributed by atoms with Crippen molar-refractivity contribution in [3.63, 3.8) is 0 Å². The van der Waals surface area contributed by atoms with Crippen LogP contribution >= 0.6 is 23.5 Å². The molecule has 5 unspecified atom stereocenters. The third-order valence-electron chi connectivity index (χ3n) is 11.9. The maximum atomic E-state index is 2.78. The first kappa shape index (κ1) is 33.6. The molecule has 0 saturated carbocycles. The number of anilines is 3. The van der Waals surface area contributed by atoms with Crippen LogP contribution in [0.4, 0.5) is 17.1 Å². The van der Waals surface area contributed by atoms with Crippen LogP contribution in [-0.4, -0.2) is 16.5 Å². The predicted molar refractivity (Wildman–Crippen MR) is 238 cm³/mol. The van der Waals surface area contributed by atoms with E-state index in [4.69, 9.17) is 0 Å². The zero-order valence-electron chi connectivity index (χ0n) is 30.9. The van der Waals surface area contributed by atoms with E-state index >= 15 is 0 Å². The van der Waals surface area contributed by atoms with E-state index < -0.39 is 0 Å². The van der Waals surface area contributed by atoms with Crippen LogP contribution in [0.5, 0.6) is 0 Å². The molecule has 2 nitrogen and oxygen atoms in total. The molecule has 7 aromatic carbocycles. The second kappa shape index (κ2) is 14.1. The Balaban J connectivity index is 1.01. The van der Waals surface area contributed by atoms with E-state index in [1.54, 1.807) is 0 Å². The monoisotopic (exact) mass is 756 g/mol. The van der Waals surface area contributed by atoms with Crippen molar-refractivity contribution in [1.29, 1.82) is 0 Å². The second-order valence-corrected chi connectivity index (χ2v) is 17.5. The summed E-state index contributed by atoms with van der Waals surface area (Å²) < 4.78 is 0. The molecule has 1 aliphatic carbocycles. The molecule has 0 radical (unpaired) electrons. The SMILES string of the molecule is C1=CC(N(c2ccc(-c3ccccc3)cc2)c2ccccc2-c2cccc(N3C4c5ccccc5SC4C4Sc5ccccc5C43)c2)CC=C1c1ccccc1. The van der Waals surface area contributed by atoms with Gasteiger partial charge in [-0.25, -0.2) is 0 Å². The first-order chi connectivity index (χ1) is 27.8. The minimum absolute atomic E-state index is 0.147. The van der Waals surface area contributed by atoms with Gasteiger partial charge in [0.05, 0.1) is 18.1 Å². The normalized spacial score (nSPS) is 21.5. The summed E-state index contributed by atoms with van der Waals surface area (Å²) in [6, 6.07) is 68.0. The first-order valence-corrected chi connectivity index (χ1v) is 21.4. The second-order valence-electron chi connectivity index (χ2n) is 15.1. The molecule has 0 N–H and O–H groups in total. The Labute approximate surface area is 338 Å². The number of fused-ring (bicyclic) bond motifs is 7. The van der Waals surface area contributed by atoms with Crippen LogP contribution in [0.3, 0.4) is 0 Å². The Bertz CT molecular complexity index is 2560. The van der Waals surface area contributed by atoms with Crippen LogP contribution in [0.2, 0.25) is 0 Å². The topological polar surface area (TPSA) is 6.48 Å². The number of allylic oxidation sites excluding steroid dienone is 2. The number of rotatable bonds is 7. The number of benzene rings is 7. The fraction of sp³-hybridized carbons (Fsp3) is 0.115. The van der Waals surface area contributed by atoms with Crippen molar-refractivity contribution in [2.75, 3.05) is 9.80 Å². The molecule has 0 aromatic heterocycles. The maximum Gasteiger partial charge on any atom is 0.0694 e. The molecule has 270 valence electrons. The zero-order valence-corrected chi connectivity index (χ0v) is 32.5. The fourth-order valence-electron chi connectivity index (χ4n) is 9.41. The molecular weight excluding hydrogens is 717 g/mol. The van der Waals surface area contributed by atoms with Crippen LogP contribution in [0.25, 0.3) is 27.8 Å². The van der Waals surface area contributed by atoms with Gasteiger partial charge in [-0.05, 0) is 87.8 Å². The van der Waals surface area contributed by atoms with Crippen molar-refractivity contribution >= 4 is 46.2 Å². The van der Waals surface area contributed by atoms with Crippen LogP contribution in [0.1, 0.15) is 35.2 Å². The number of thioether (sulfide) groups is 2. The van der Waals surface area contributed by atoms with Crippen molar-refractivity contribution in [3.8, 4) is 22.3 Å². The van der Waals surface area contributed by atoms with Crippen molar-refractivity contribution in [3.05, 3.63) is 217 Å². The molecule has 3 aliphatic heterocycles. The van der Waals surface area contributed by atoms with E-state index in [1.165, 1.54) is 71.4 Å². The highest BCUT2D eigenvalue weighted by Crippen LogP contribution is 2.66. The van der Waals surface area contributed by atoms with Gasteiger partial charge in [-0.2, -0.15) is 0 Å². The molecule has 0 spiro atoms. The number of hydrogen-bond donors (Lipinski definition) is 0. The summed E-state index contributed by atoms with van der Waals surface area (Å²) in [6.45, 7) is 0. The van der Waals surface area contributed by atoms with Crippen LogP contribution in [-0.2, 0) is 0 Å². The number of nitrogens with zero attached hydrogens (tertiary/aromatic N) is 2. The van der Waals surface area contributed by atoms with E-state index in [-0.39, 0.29) is 6.04 Å². The van der Waals surface area contributed by atoms with Gasteiger partial charge in [-0.3, -0.25) is 0 Å². The van der Waals surface area contributed by atoms with E-state index in [1.807, 2.05) is 0 Å². The van der Waals surface area contributed by atoms with Gasteiger partial charge in [-0.1, -0.05) is 158 Å². The van der Waals surface area contributed by atoms with Gasteiger partial charge in [0, 0.05) is 42.9 Å². The largest absolute Gasteiger partial charge is 0.355 e. The Kier molecular flexibility index (Phi) is 8.48. The summed E-state index contributed by atoms with van der Waals surface area (Å²) in [5, 5.41) is 0.985. The lowest BCUT2D eigenvalue weighted by molar-refractivity contribution is 0.675. The van der Waals surface area contributed by atoms with Gasteiger partial charge in [0.2, 0.25) is 0 Å². The lowest BCUT2D eigenvalue weighted by Crippen LogP contribution is -2.30. The average molecular weight is 757 g/mol. The van der Waals surface area contributed by atoms with Crippen molar-refractivity contribution in [2.24, 2.45) is 0 Å². The third-order valence-corrected chi connectivity index (χ3v) is 15.0. The van der Waals surface area contributed by atoms with Gasteiger partial charge >= 0.3 is 0 Å². The molecule has 5 atom stereocenters. The van der Waals surface area contributed by atoms with Gasteiger partial charge in [0.1, 0.15) is 0 Å². The number of para-hydroxylation sites is 1. The Morgan fingerprint density at radius 1 is 0.500 bits per heavy atom. The maximum absolute atomic E-state index is 2.78. The first-order valence-electron chi connectivity index (χ1n) is 19.7. The summed E-state index contributed by atoms with van der Waals surface area (Å²) in [4.78, 5) is 8.20. The van der Waals surface area contributed by atoms with Crippen molar-refractivity contribution in [2.45, 2.75) is 44.8 Å². The molecule has 7 aromatic rings. The Morgan fingerprint density at radius 2 is 1.07 bits per heavy atom. The number of hydrogen-bond acceptors (Lipinski definition) is 4. The Hall–Kier alpha value is -5.68. The molecular formula is C52H40N2S2. The molecule has 1 fully saturated rings. The average Bonchev–Trinajstić information content (AvgIpc) is 3.93. The van der Waals surface area contributed by atoms with Crippen LogP contribution < -0.4 is 9.80 Å². The summed E-state index contributed by atoms with van der Waals surface area (Å²) in [7, 11) is 0. The van der Waals surface area contributed by atoms with E-state index in [9.17, 15) is 0 Å². The van der Waals surface area contributed by atoms with Crippen molar-refractivity contribution in [1.82, 2.24) is 0 Å². The van der Waals surface area contributed by atoms with Crippen LogP contribution in [0, 0.1) is 0 Å². The molecule has 11 rings (SSSR count). The highest BCUT2D eigenvalue weighted by molar-refractivity contribution is 8.04. The Morgan fingerprint density at radius 3 is 1.73 bits per heavy atom. The van der Waals surface area contributed by atoms with Gasteiger partial charge < -0.3 is 9.80 Å². The highest BCUT2D eigenvalue weighted by Gasteiger charge is 2.57. The van der Waals surface area contributed by atoms with Gasteiger partial charge in [0.25, 0.3) is 0 Å². The summed E-state index contributed by atoms with van der Waals surface area (Å²) in [5.41, 5.74) is 14.1. The third kappa shape index (κ3) is 5.74. The predicted octanol–water partition coefficient (Wildman–Crippen LogP) is 13.8. The molecule has 0 amide bonds. The summed E-state index contributed by atoms with van der Waals surface area (Å²) in [6.07, 6.45) is 8.02. The summed E-state index contributed by atoms with van der Waals surface area (Å²) >= 11 is 4.18. The lowest BCUT2D eigenvalue weighted by atomic mass is 9.94. The van der Waals surface area contributed by atoms with E-state index in [0.29, 0.717) is 22.6 Å². The minimum atomic E-state index is 0.147. The molecule has 56 heavy (non-hydrogen) atoms. The fourth-order valence-corrected chi connectivity index (χ4v) is 12.7. The molecule has 1 saturated heterocycles. The zero-order chi connectivity index (χ0) is 37.0. The summed E-state index contributed by atoms with van der Waals surface area (Å²) in [5.74, 6) is 0.